The second kappa shape index (κ2) is 4.12. The number of benzene rings is 1. The van der Waals surface area contributed by atoms with Crippen LogP contribution >= 0.6 is 0 Å². The Kier molecular flexibility index (Phi) is 2.79. The van der Waals surface area contributed by atoms with Crippen LogP contribution in [-0.4, -0.2) is 23.7 Å². The van der Waals surface area contributed by atoms with Crippen molar-refractivity contribution in [1.29, 1.82) is 0 Å². The van der Waals surface area contributed by atoms with Crippen molar-refractivity contribution in [3.8, 4) is 0 Å². The molecule has 0 unspecified atom stereocenters. The lowest BCUT2D eigenvalue weighted by Gasteiger charge is -2.06. The quantitative estimate of drug-likeness (QED) is 0.824. The summed E-state index contributed by atoms with van der Waals surface area (Å²) in [6.07, 6.45) is -4.51. The van der Waals surface area contributed by atoms with Gasteiger partial charge in [-0.25, -0.2) is 4.79 Å². The van der Waals surface area contributed by atoms with E-state index in [-0.39, 0.29) is 5.69 Å². The maximum Gasteiger partial charge on any atom is 0.422 e. The summed E-state index contributed by atoms with van der Waals surface area (Å²) in [5.74, 6) is -1.02. The van der Waals surface area contributed by atoms with E-state index in [2.05, 4.69) is 9.72 Å². The SMILES string of the molecule is O=C(OCC(F)(F)F)c1cc2ccccc2[nH]1. The van der Waals surface area contributed by atoms with Crippen LogP contribution in [0.4, 0.5) is 13.2 Å². The van der Waals surface area contributed by atoms with Crippen LogP contribution in [0.25, 0.3) is 10.9 Å². The Bertz CT molecular complexity index is 512. The van der Waals surface area contributed by atoms with Crippen LogP contribution in [0.1, 0.15) is 10.5 Å². The van der Waals surface area contributed by atoms with E-state index >= 15 is 0 Å². The average molecular weight is 243 g/mol. The van der Waals surface area contributed by atoms with Gasteiger partial charge >= 0.3 is 12.1 Å². The van der Waals surface area contributed by atoms with E-state index in [4.69, 9.17) is 0 Å². The topological polar surface area (TPSA) is 42.1 Å². The number of hydrogen-bond donors (Lipinski definition) is 1. The molecule has 0 saturated carbocycles. The number of halogens is 3. The molecule has 17 heavy (non-hydrogen) atoms. The summed E-state index contributed by atoms with van der Waals surface area (Å²) in [5, 5.41) is 0.742. The van der Waals surface area contributed by atoms with Crippen LogP contribution in [0.15, 0.2) is 30.3 Å². The van der Waals surface area contributed by atoms with Crippen LogP contribution in [0.5, 0.6) is 0 Å². The lowest BCUT2D eigenvalue weighted by atomic mass is 10.2. The van der Waals surface area contributed by atoms with Crippen molar-refractivity contribution in [2.24, 2.45) is 0 Å². The van der Waals surface area contributed by atoms with Crippen LogP contribution in [0.2, 0.25) is 0 Å². The van der Waals surface area contributed by atoms with E-state index in [0.717, 1.165) is 5.39 Å². The highest BCUT2D eigenvalue weighted by molar-refractivity contribution is 5.94. The molecule has 3 nitrogen and oxygen atoms in total. The number of alkyl halides is 3. The van der Waals surface area contributed by atoms with Gasteiger partial charge in [-0.1, -0.05) is 18.2 Å². The van der Waals surface area contributed by atoms with Crippen LogP contribution in [-0.2, 0) is 4.74 Å². The van der Waals surface area contributed by atoms with Crippen molar-refractivity contribution in [3.05, 3.63) is 36.0 Å². The third-order valence-electron chi connectivity index (χ3n) is 2.12. The Labute approximate surface area is 94.2 Å². The first-order valence-electron chi connectivity index (χ1n) is 4.77. The van der Waals surface area contributed by atoms with E-state index in [1.807, 2.05) is 0 Å². The summed E-state index contributed by atoms with van der Waals surface area (Å²) in [4.78, 5) is 14.0. The Hall–Kier alpha value is -1.98. The molecule has 0 aliphatic carbocycles. The van der Waals surface area contributed by atoms with Crippen LogP contribution in [0.3, 0.4) is 0 Å². The molecule has 90 valence electrons. The molecule has 0 aliphatic heterocycles. The number of carbonyl (C=O) groups excluding carboxylic acids is 1. The summed E-state index contributed by atoms with van der Waals surface area (Å²) in [6, 6.07) is 8.43. The smallest absolute Gasteiger partial charge is 0.422 e. The lowest BCUT2D eigenvalue weighted by Crippen LogP contribution is -2.20. The highest BCUT2D eigenvalue weighted by atomic mass is 19.4. The molecule has 0 radical (unpaired) electrons. The summed E-state index contributed by atoms with van der Waals surface area (Å²) in [5.41, 5.74) is 0.682. The second-order valence-electron chi connectivity index (χ2n) is 3.46. The van der Waals surface area contributed by atoms with E-state index < -0.39 is 18.8 Å². The van der Waals surface area contributed by atoms with Gasteiger partial charge in [-0.3, -0.25) is 0 Å². The van der Waals surface area contributed by atoms with Gasteiger partial charge < -0.3 is 9.72 Å². The van der Waals surface area contributed by atoms with Crippen molar-refractivity contribution >= 4 is 16.9 Å². The maximum atomic E-state index is 11.8. The van der Waals surface area contributed by atoms with E-state index in [9.17, 15) is 18.0 Å². The number of carbonyl (C=O) groups is 1. The van der Waals surface area contributed by atoms with Gasteiger partial charge in [0, 0.05) is 10.9 Å². The number of aromatic nitrogens is 1. The van der Waals surface area contributed by atoms with Crippen molar-refractivity contribution in [2.75, 3.05) is 6.61 Å². The van der Waals surface area contributed by atoms with Gasteiger partial charge in [0.1, 0.15) is 5.69 Å². The summed E-state index contributed by atoms with van der Waals surface area (Å²) in [7, 11) is 0. The molecular weight excluding hydrogens is 235 g/mol. The number of rotatable bonds is 2. The number of nitrogens with one attached hydrogen (secondary N) is 1. The number of ether oxygens (including phenoxy) is 1. The summed E-state index contributed by atoms with van der Waals surface area (Å²) >= 11 is 0. The third kappa shape index (κ3) is 2.77. The first-order chi connectivity index (χ1) is 7.96. The van der Waals surface area contributed by atoms with Crippen LogP contribution in [0, 0.1) is 0 Å². The van der Waals surface area contributed by atoms with Crippen LogP contribution < -0.4 is 0 Å². The third-order valence-corrected chi connectivity index (χ3v) is 2.12. The van der Waals surface area contributed by atoms with Crippen molar-refractivity contribution in [2.45, 2.75) is 6.18 Å². The number of aromatic amines is 1. The fourth-order valence-electron chi connectivity index (χ4n) is 1.41. The minimum absolute atomic E-state index is 0.00968. The van der Waals surface area contributed by atoms with Gasteiger partial charge in [0.15, 0.2) is 6.61 Å². The van der Waals surface area contributed by atoms with Gasteiger partial charge in [0.25, 0.3) is 0 Å². The Morgan fingerprint density at radius 1 is 1.29 bits per heavy atom. The number of para-hydroxylation sites is 1. The largest absolute Gasteiger partial charge is 0.451 e. The fraction of sp³-hybridized carbons (Fsp3) is 0.182. The summed E-state index contributed by atoms with van der Waals surface area (Å²) in [6.45, 7) is -1.58. The second-order valence-corrected chi connectivity index (χ2v) is 3.46. The first-order valence-corrected chi connectivity index (χ1v) is 4.77. The van der Waals surface area contributed by atoms with Crippen molar-refractivity contribution in [1.82, 2.24) is 4.98 Å². The molecule has 2 aromatic rings. The molecule has 0 saturated heterocycles. The van der Waals surface area contributed by atoms with Gasteiger partial charge in [0.2, 0.25) is 0 Å². The molecule has 2 rings (SSSR count). The fourth-order valence-corrected chi connectivity index (χ4v) is 1.41. The molecule has 0 fully saturated rings. The standard InChI is InChI=1S/C11H8F3NO2/c12-11(13,14)6-17-10(16)9-5-7-3-1-2-4-8(7)15-9/h1-5,15H,6H2. The lowest BCUT2D eigenvalue weighted by molar-refractivity contribution is -0.161. The molecule has 0 spiro atoms. The molecule has 1 aromatic carbocycles. The number of fused-ring (bicyclic) bond motifs is 1. The van der Waals surface area contributed by atoms with E-state index in [1.54, 1.807) is 24.3 Å². The predicted octanol–water partition coefficient (Wildman–Crippen LogP) is 2.89. The zero-order valence-corrected chi connectivity index (χ0v) is 8.54. The Balaban J connectivity index is 2.14. The molecule has 1 heterocycles. The van der Waals surface area contributed by atoms with E-state index in [1.165, 1.54) is 6.07 Å². The molecule has 6 heteroatoms. The highest BCUT2D eigenvalue weighted by Crippen LogP contribution is 2.18. The predicted molar refractivity (Wildman–Crippen MR) is 54.6 cm³/mol. The molecular formula is C11H8F3NO2. The van der Waals surface area contributed by atoms with Crippen molar-refractivity contribution < 1.29 is 22.7 Å². The molecule has 1 aromatic heterocycles. The minimum Gasteiger partial charge on any atom is -0.451 e. The molecule has 0 atom stereocenters. The van der Waals surface area contributed by atoms with Gasteiger partial charge in [-0.15, -0.1) is 0 Å². The van der Waals surface area contributed by atoms with E-state index in [0.29, 0.717) is 5.52 Å². The van der Waals surface area contributed by atoms with Gasteiger partial charge in [-0.05, 0) is 12.1 Å². The van der Waals surface area contributed by atoms with Gasteiger partial charge in [0.05, 0.1) is 0 Å². The Morgan fingerprint density at radius 3 is 2.65 bits per heavy atom. The average Bonchev–Trinajstić information content (AvgIpc) is 2.68. The molecule has 0 bridgehead atoms. The zero-order valence-electron chi connectivity index (χ0n) is 8.54. The Morgan fingerprint density at radius 2 is 2.00 bits per heavy atom. The minimum atomic E-state index is -4.51. The maximum absolute atomic E-state index is 11.8. The monoisotopic (exact) mass is 243 g/mol. The number of esters is 1. The number of hydrogen-bond acceptors (Lipinski definition) is 2. The normalized spacial score (nSPS) is 11.7. The molecule has 0 amide bonds. The van der Waals surface area contributed by atoms with Crippen molar-refractivity contribution in [3.63, 3.8) is 0 Å². The highest BCUT2D eigenvalue weighted by Gasteiger charge is 2.30. The molecule has 1 N–H and O–H groups in total. The first kappa shape index (κ1) is 11.5. The summed E-state index contributed by atoms with van der Waals surface area (Å²) < 4.78 is 39.7. The number of H-pyrrole nitrogens is 1. The zero-order chi connectivity index (χ0) is 12.5. The van der Waals surface area contributed by atoms with Gasteiger partial charge in [-0.2, -0.15) is 13.2 Å². The molecule has 0 aliphatic rings.